The van der Waals surface area contributed by atoms with Crippen LogP contribution in [-0.4, -0.2) is 12.0 Å². The van der Waals surface area contributed by atoms with Gasteiger partial charge in [0.05, 0.1) is 11.2 Å². The number of nitrogens with one attached hydrogen (secondary N) is 1. The predicted octanol–water partition coefficient (Wildman–Crippen LogP) is 3.68. The molecule has 0 bridgehead atoms. The first-order chi connectivity index (χ1) is 7.29. The maximum atomic E-state index is 4.31. The number of rotatable bonds is 7. The highest BCUT2D eigenvalue weighted by Crippen LogP contribution is 2.25. The molecule has 86 valence electrons. The molecule has 0 aliphatic rings. The zero-order valence-electron chi connectivity index (χ0n) is 10.0. The second kappa shape index (κ2) is 6.96. The van der Waals surface area contributed by atoms with E-state index >= 15 is 0 Å². The molecule has 0 aliphatic carbocycles. The normalized spacial score (nSPS) is 13.0. The van der Waals surface area contributed by atoms with Crippen molar-refractivity contribution in [2.45, 2.75) is 52.0 Å². The largest absolute Gasteiger partial charge is 0.312 e. The average Bonchev–Trinajstić information content (AvgIpc) is 2.65. The number of aryl methyl sites for hydroxylation is 1. The van der Waals surface area contributed by atoms with Crippen LogP contribution in [0.15, 0.2) is 5.51 Å². The van der Waals surface area contributed by atoms with E-state index in [0.717, 1.165) is 0 Å². The quantitative estimate of drug-likeness (QED) is 0.717. The molecule has 0 aliphatic heterocycles. The Labute approximate surface area is 97.1 Å². The first-order valence-corrected chi connectivity index (χ1v) is 6.74. The lowest BCUT2D eigenvalue weighted by molar-refractivity contribution is 0.509. The molecule has 1 atom stereocenters. The predicted molar refractivity (Wildman–Crippen MR) is 67.4 cm³/mol. The van der Waals surface area contributed by atoms with E-state index in [1.165, 1.54) is 42.7 Å². The molecule has 1 heterocycles. The molecular weight excluding hydrogens is 204 g/mol. The molecule has 1 unspecified atom stereocenters. The zero-order valence-corrected chi connectivity index (χ0v) is 10.9. The molecule has 1 N–H and O–H groups in total. The first kappa shape index (κ1) is 12.7. The number of thiazole rings is 1. The highest BCUT2D eigenvalue weighted by molar-refractivity contribution is 7.09. The molecule has 15 heavy (non-hydrogen) atoms. The fraction of sp³-hybridized carbons (Fsp3) is 0.750. The van der Waals surface area contributed by atoms with E-state index in [1.807, 2.05) is 12.6 Å². The number of unbranched alkanes of at least 4 members (excludes halogenated alkanes) is 3. The Hall–Kier alpha value is -0.410. The van der Waals surface area contributed by atoms with E-state index in [4.69, 9.17) is 0 Å². The fourth-order valence-electron chi connectivity index (χ4n) is 1.83. The van der Waals surface area contributed by atoms with Crippen molar-refractivity contribution in [2.75, 3.05) is 7.05 Å². The van der Waals surface area contributed by atoms with Gasteiger partial charge < -0.3 is 5.32 Å². The molecule has 3 heteroatoms. The molecule has 2 nitrogen and oxygen atoms in total. The first-order valence-electron chi connectivity index (χ1n) is 5.86. The van der Waals surface area contributed by atoms with Crippen molar-refractivity contribution < 1.29 is 0 Å². The van der Waals surface area contributed by atoms with Crippen LogP contribution in [0.25, 0.3) is 0 Å². The van der Waals surface area contributed by atoms with Gasteiger partial charge in [0, 0.05) is 10.9 Å². The van der Waals surface area contributed by atoms with Crippen LogP contribution in [0.4, 0.5) is 0 Å². The summed E-state index contributed by atoms with van der Waals surface area (Å²) >= 11 is 1.77. The summed E-state index contributed by atoms with van der Waals surface area (Å²) in [5, 5.41) is 3.39. The number of nitrogens with zero attached hydrogens (tertiary/aromatic N) is 1. The van der Waals surface area contributed by atoms with Gasteiger partial charge in [-0.2, -0.15) is 0 Å². The fourth-order valence-corrected chi connectivity index (χ4v) is 2.77. The summed E-state index contributed by atoms with van der Waals surface area (Å²) in [6.07, 6.45) is 6.57. The van der Waals surface area contributed by atoms with Crippen molar-refractivity contribution in [2.24, 2.45) is 0 Å². The average molecular weight is 226 g/mol. The van der Waals surface area contributed by atoms with Crippen molar-refractivity contribution in [3.8, 4) is 0 Å². The topological polar surface area (TPSA) is 24.9 Å². The van der Waals surface area contributed by atoms with Gasteiger partial charge in [0.15, 0.2) is 0 Å². The third-order valence-electron chi connectivity index (χ3n) is 2.79. The summed E-state index contributed by atoms with van der Waals surface area (Å²) in [5.74, 6) is 0. The lowest BCUT2D eigenvalue weighted by atomic mass is 10.1. The van der Waals surface area contributed by atoms with Gasteiger partial charge in [-0.15, -0.1) is 11.3 Å². The molecule has 1 aromatic heterocycles. The van der Waals surface area contributed by atoms with Crippen molar-refractivity contribution in [3.63, 3.8) is 0 Å². The molecule has 1 rings (SSSR count). The lowest BCUT2D eigenvalue weighted by Crippen LogP contribution is -2.16. The number of hydrogen-bond donors (Lipinski definition) is 1. The van der Waals surface area contributed by atoms with Gasteiger partial charge in [-0.3, -0.25) is 0 Å². The van der Waals surface area contributed by atoms with Crippen LogP contribution in [-0.2, 0) is 0 Å². The molecule has 0 aromatic carbocycles. The van der Waals surface area contributed by atoms with Gasteiger partial charge in [0.2, 0.25) is 0 Å². The smallest absolute Gasteiger partial charge is 0.0798 e. The Kier molecular flexibility index (Phi) is 5.88. The van der Waals surface area contributed by atoms with Crippen molar-refractivity contribution >= 4 is 11.3 Å². The van der Waals surface area contributed by atoms with E-state index in [2.05, 4.69) is 24.1 Å². The molecule has 0 spiro atoms. The minimum absolute atomic E-state index is 0.509. The summed E-state index contributed by atoms with van der Waals surface area (Å²) in [6, 6.07) is 0.509. The van der Waals surface area contributed by atoms with E-state index < -0.39 is 0 Å². The van der Waals surface area contributed by atoms with E-state index in [-0.39, 0.29) is 0 Å². The third-order valence-corrected chi connectivity index (χ3v) is 3.84. The molecule has 0 amide bonds. The number of aromatic nitrogens is 1. The molecule has 0 radical (unpaired) electrons. The maximum Gasteiger partial charge on any atom is 0.0798 e. The van der Waals surface area contributed by atoms with Gasteiger partial charge in [-0.1, -0.05) is 32.6 Å². The molecule has 0 saturated carbocycles. The second-order valence-corrected chi connectivity index (χ2v) is 4.88. The molecule has 0 fully saturated rings. The Morgan fingerprint density at radius 2 is 2.20 bits per heavy atom. The maximum absolute atomic E-state index is 4.31. The Bertz CT molecular complexity index is 270. The van der Waals surface area contributed by atoms with Crippen molar-refractivity contribution in [3.05, 3.63) is 16.1 Å². The van der Waals surface area contributed by atoms with Gasteiger partial charge in [-0.25, -0.2) is 4.98 Å². The molecule has 0 saturated heterocycles. The second-order valence-electron chi connectivity index (χ2n) is 3.99. The summed E-state index contributed by atoms with van der Waals surface area (Å²) < 4.78 is 0. The molecule has 1 aromatic rings. The van der Waals surface area contributed by atoms with Crippen LogP contribution < -0.4 is 5.32 Å². The van der Waals surface area contributed by atoms with Crippen molar-refractivity contribution in [1.82, 2.24) is 10.3 Å². The summed E-state index contributed by atoms with van der Waals surface area (Å²) in [5.41, 5.74) is 3.14. The zero-order chi connectivity index (χ0) is 11.1. The Morgan fingerprint density at radius 1 is 1.40 bits per heavy atom. The summed E-state index contributed by atoms with van der Waals surface area (Å²) in [4.78, 5) is 5.72. The van der Waals surface area contributed by atoms with Gasteiger partial charge in [0.25, 0.3) is 0 Å². The Balaban J connectivity index is 2.39. The highest BCUT2D eigenvalue weighted by atomic mass is 32.1. The van der Waals surface area contributed by atoms with Gasteiger partial charge in [0.1, 0.15) is 0 Å². The third kappa shape index (κ3) is 3.92. The standard InChI is InChI=1S/C12H22N2S/c1-4-5-6-7-8-11(13-3)12-10(2)14-9-15-12/h9,11,13H,4-8H2,1-3H3. The lowest BCUT2D eigenvalue weighted by Gasteiger charge is -2.14. The van der Waals surface area contributed by atoms with Gasteiger partial charge in [-0.05, 0) is 20.4 Å². The minimum atomic E-state index is 0.509. The van der Waals surface area contributed by atoms with E-state index in [9.17, 15) is 0 Å². The number of hydrogen-bond acceptors (Lipinski definition) is 3. The van der Waals surface area contributed by atoms with E-state index in [0.29, 0.717) is 6.04 Å². The van der Waals surface area contributed by atoms with Crippen LogP contribution >= 0.6 is 11.3 Å². The van der Waals surface area contributed by atoms with Crippen LogP contribution in [0.3, 0.4) is 0 Å². The minimum Gasteiger partial charge on any atom is -0.312 e. The highest BCUT2D eigenvalue weighted by Gasteiger charge is 2.13. The van der Waals surface area contributed by atoms with Crippen LogP contribution in [0, 0.1) is 6.92 Å². The van der Waals surface area contributed by atoms with Crippen LogP contribution in [0.2, 0.25) is 0 Å². The summed E-state index contributed by atoms with van der Waals surface area (Å²) in [6.45, 7) is 4.35. The monoisotopic (exact) mass is 226 g/mol. The SMILES string of the molecule is CCCCCCC(NC)c1scnc1C. The van der Waals surface area contributed by atoms with Crippen LogP contribution in [0.5, 0.6) is 0 Å². The van der Waals surface area contributed by atoms with Crippen molar-refractivity contribution in [1.29, 1.82) is 0 Å². The molecular formula is C12H22N2S. The summed E-state index contributed by atoms with van der Waals surface area (Å²) in [7, 11) is 2.05. The van der Waals surface area contributed by atoms with Crippen LogP contribution in [0.1, 0.15) is 55.6 Å². The Morgan fingerprint density at radius 3 is 2.73 bits per heavy atom. The van der Waals surface area contributed by atoms with Gasteiger partial charge >= 0.3 is 0 Å². The van der Waals surface area contributed by atoms with E-state index in [1.54, 1.807) is 11.3 Å².